The monoisotopic (exact) mass is 558 g/mol. The maximum Gasteiger partial charge on any atom is 0.220 e. The van der Waals surface area contributed by atoms with Gasteiger partial charge in [-0.2, -0.15) is 0 Å². The number of thioether (sulfide) groups is 1. The molecule has 11 heteroatoms. The largest absolute Gasteiger partial charge is 0.494 e. The molecular formula is C26H24Cl2N4O4S. The fraction of sp³-hybridized carbons (Fsp3) is 0.231. The first-order valence-corrected chi connectivity index (χ1v) is 13.1. The van der Waals surface area contributed by atoms with Crippen LogP contribution in [0.25, 0.3) is 5.69 Å². The van der Waals surface area contributed by atoms with E-state index in [1.54, 1.807) is 24.3 Å². The Bertz CT molecular complexity index is 1360. The molecule has 1 heterocycles. The molecule has 0 unspecified atom stereocenters. The van der Waals surface area contributed by atoms with E-state index < -0.39 is 5.25 Å². The average Bonchev–Trinajstić information content (AvgIpc) is 3.25. The maximum absolute atomic E-state index is 11.5. The van der Waals surface area contributed by atoms with Gasteiger partial charge in [0.1, 0.15) is 29.2 Å². The summed E-state index contributed by atoms with van der Waals surface area (Å²) in [5.41, 5.74) is 2.51. The molecule has 192 valence electrons. The summed E-state index contributed by atoms with van der Waals surface area (Å²) in [7, 11) is 0. The summed E-state index contributed by atoms with van der Waals surface area (Å²) in [6.45, 7) is 4.39. The standard InChI is InChI=1S/C26H24Cl2N4O4S/c1-3-35-21-11-7-20(8-12-21)32-17(2)29-30-26(32)37-25(15-31(33)34)19-5-9-22(10-6-19)36-16-18-4-13-23(27)24(28)14-18/h4-14,25H,3,15-16H2,1-2H3/t25-/m1/s1. The Kier molecular flexibility index (Phi) is 8.91. The van der Waals surface area contributed by atoms with Gasteiger partial charge in [0.15, 0.2) is 5.16 Å². The van der Waals surface area contributed by atoms with Gasteiger partial charge in [-0.3, -0.25) is 14.7 Å². The highest BCUT2D eigenvalue weighted by atomic mass is 35.5. The fourth-order valence-corrected chi connectivity index (χ4v) is 5.12. The predicted molar refractivity (Wildman–Crippen MR) is 145 cm³/mol. The van der Waals surface area contributed by atoms with Crippen LogP contribution < -0.4 is 9.47 Å². The van der Waals surface area contributed by atoms with Crippen LogP contribution >= 0.6 is 35.0 Å². The molecule has 3 aromatic carbocycles. The molecule has 4 rings (SSSR count). The molecule has 0 saturated carbocycles. The molecule has 0 N–H and O–H groups in total. The van der Waals surface area contributed by atoms with E-state index in [0.29, 0.717) is 40.0 Å². The Hall–Kier alpha value is -3.27. The average molecular weight is 559 g/mol. The van der Waals surface area contributed by atoms with Crippen molar-refractivity contribution in [1.29, 1.82) is 0 Å². The lowest BCUT2D eigenvalue weighted by molar-refractivity contribution is -0.479. The first kappa shape index (κ1) is 26.8. The number of hydrogen-bond donors (Lipinski definition) is 0. The normalized spacial score (nSPS) is 11.8. The number of nitro groups is 1. The van der Waals surface area contributed by atoms with E-state index in [2.05, 4.69) is 10.2 Å². The second-order valence-corrected chi connectivity index (χ2v) is 10.0. The topological polar surface area (TPSA) is 92.3 Å². The number of rotatable bonds is 11. The van der Waals surface area contributed by atoms with Gasteiger partial charge in [0.05, 0.1) is 16.7 Å². The van der Waals surface area contributed by atoms with Crippen molar-refractivity contribution >= 4 is 35.0 Å². The molecule has 8 nitrogen and oxygen atoms in total. The second kappa shape index (κ2) is 12.3. The number of ether oxygens (including phenoxy) is 2. The molecule has 0 fully saturated rings. The second-order valence-electron chi connectivity index (χ2n) is 8.02. The van der Waals surface area contributed by atoms with Crippen LogP contribution in [0.15, 0.2) is 71.9 Å². The van der Waals surface area contributed by atoms with Crippen molar-refractivity contribution in [3.05, 3.63) is 104 Å². The van der Waals surface area contributed by atoms with E-state index in [1.807, 2.05) is 60.9 Å². The summed E-state index contributed by atoms with van der Waals surface area (Å²) >= 11 is 13.3. The third kappa shape index (κ3) is 6.94. The van der Waals surface area contributed by atoms with E-state index in [4.69, 9.17) is 32.7 Å². The summed E-state index contributed by atoms with van der Waals surface area (Å²) in [5.74, 6) is 2.07. The Balaban J connectivity index is 1.51. The summed E-state index contributed by atoms with van der Waals surface area (Å²) < 4.78 is 13.3. The van der Waals surface area contributed by atoms with Crippen LogP contribution in [-0.4, -0.2) is 32.8 Å². The zero-order valence-electron chi connectivity index (χ0n) is 20.1. The quantitative estimate of drug-likeness (QED) is 0.111. The first-order chi connectivity index (χ1) is 17.8. The van der Waals surface area contributed by atoms with Crippen molar-refractivity contribution in [2.45, 2.75) is 30.9 Å². The van der Waals surface area contributed by atoms with Crippen molar-refractivity contribution < 1.29 is 14.4 Å². The first-order valence-electron chi connectivity index (χ1n) is 11.4. The van der Waals surface area contributed by atoms with E-state index in [1.165, 1.54) is 11.8 Å². The third-order valence-corrected chi connectivity index (χ3v) is 7.32. The molecule has 0 bridgehead atoms. The molecule has 37 heavy (non-hydrogen) atoms. The van der Waals surface area contributed by atoms with Crippen LogP contribution in [0.5, 0.6) is 11.5 Å². The Morgan fingerprint density at radius 2 is 1.65 bits per heavy atom. The van der Waals surface area contributed by atoms with Crippen molar-refractivity contribution in [3.8, 4) is 17.2 Å². The number of nitrogens with zero attached hydrogens (tertiary/aromatic N) is 4. The lowest BCUT2D eigenvalue weighted by Gasteiger charge is -2.15. The van der Waals surface area contributed by atoms with Gasteiger partial charge in [-0.25, -0.2) is 0 Å². The Morgan fingerprint density at radius 3 is 2.30 bits per heavy atom. The number of hydrogen-bond acceptors (Lipinski definition) is 7. The maximum atomic E-state index is 11.5. The minimum Gasteiger partial charge on any atom is -0.494 e. The van der Waals surface area contributed by atoms with Crippen molar-refractivity contribution in [2.24, 2.45) is 0 Å². The van der Waals surface area contributed by atoms with E-state index >= 15 is 0 Å². The van der Waals surface area contributed by atoms with Gasteiger partial charge in [0.2, 0.25) is 6.54 Å². The zero-order valence-corrected chi connectivity index (χ0v) is 22.5. The molecule has 0 radical (unpaired) electrons. The van der Waals surface area contributed by atoms with Crippen LogP contribution in [-0.2, 0) is 6.61 Å². The molecular weight excluding hydrogens is 535 g/mol. The van der Waals surface area contributed by atoms with Gasteiger partial charge < -0.3 is 9.47 Å². The zero-order chi connectivity index (χ0) is 26.4. The van der Waals surface area contributed by atoms with Crippen molar-refractivity contribution in [2.75, 3.05) is 13.2 Å². The molecule has 0 aliphatic carbocycles. The van der Waals surface area contributed by atoms with E-state index in [9.17, 15) is 10.1 Å². The third-order valence-electron chi connectivity index (χ3n) is 5.41. The number of aryl methyl sites for hydroxylation is 1. The molecule has 0 aliphatic heterocycles. The van der Waals surface area contributed by atoms with E-state index in [0.717, 1.165) is 22.6 Å². The van der Waals surface area contributed by atoms with Gasteiger partial charge in [0.25, 0.3) is 0 Å². The summed E-state index contributed by atoms with van der Waals surface area (Å²) in [4.78, 5) is 11.2. The fourth-order valence-electron chi connectivity index (χ4n) is 3.62. The summed E-state index contributed by atoms with van der Waals surface area (Å²) in [6, 6.07) is 20.1. The van der Waals surface area contributed by atoms with Crippen LogP contribution in [0, 0.1) is 17.0 Å². The van der Waals surface area contributed by atoms with Gasteiger partial charge in [0, 0.05) is 10.6 Å². The molecule has 0 aliphatic rings. The van der Waals surface area contributed by atoms with Crippen LogP contribution in [0.3, 0.4) is 0 Å². The highest BCUT2D eigenvalue weighted by Gasteiger charge is 2.24. The van der Waals surface area contributed by atoms with Gasteiger partial charge in [-0.15, -0.1) is 10.2 Å². The van der Waals surface area contributed by atoms with Gasteiger partial charge >= 0.3 is 0 Å². The smallest absolute Gasteiger partial charge is 0.220 e. The number of benzene rings is 3. The minimum atomic E-state index is -0.482. The summed E-state index contributed by atoms with van der Waals surface area (Å²) in [6.07, 6.45) is 0. The minimum absolute atomic E-state index is 0.274. The Labute approximate surface area is 228 Å². The van der Waals surface area contributed by atoms with Crippen molar-refractivity contribution in [1.82, 2.24) is 14.8 Å². The Morgan fingerprint density at radius 1 is 0.973 bits per heavy atom. The molecule has 1 atom stereocenters. The molecule has 1 aromatic heterocycles. The molecule has 0 amide bonds. The highest BCUT2D eigenvalue weighted by molar-refractivity contribution is 7.99. The molecule has 0 spiro atoms. The van der Waals surface area contributed by atoms with Gasteiger partial charge in [-0.05, 0) is 73.5 Å². The number of aromatic nitrogens is 3. The predicted octanol–water partition coefficient (Wildman–Crippen LogP) is 6.97. The molecule has 4 aromatic rings. The lowest BCUT2D eigenvalue weighted by atomic mass is 10.1. The van der Waals surface area contributed by atoms with Crippen LogP contribution in [0.4, 0.5) is 0 Å². The molecule has 0 saturated heterocycles. The van der Waals surface area contributed by atoms with Crippen molar-refractivity contribution in [3.63, 3.8) is 0 Å². The number of halogens is 2. The van der Waals surface area contributed by atoms with E-state index in [-0.39, 0.29) is 11.5 Å². The lowest BCUT2D eigenvalue weighted by Crippen LogP contribution is -2.11. The summed E-state index contributed by atoms with van der Waals surface area (Å²) in [5, 5.41) is 21.0. The SMILES string of the molecule is CCOc1ccc(-n2c(C)nnc2S[C@H](C[N+](=O)[O-])c2ccc(OCc3ccc(Cl)c(Cl)c3)cc2)cc1. The van der Waals surface area contributed by atoms with Crippen LogP contribution in [0.2, 0.25) is 10.0 Å². The highest BCUT2D eigenvalue weighted by Crippen LogP contribution is 2.37. The van der Waals surface area contributed by atoms with Gasteiger partial charge in [-0.1, -0.05) is 53.2 Å². The van der Waals surface area contributed by atoms with Crippen LogP contribution in [0.1, 0.15) is 29.1 Å².